The molecule has 0 bridgehead atoms. The molecule has 4 nitrogen and oxygen atoms in total. The molecule has 2 amide bonds. The van der Waals surface area contributed by atoms with Crippen molar-refractivity contribution >= 4 is 34.9 Å². The summed E-state index contributed by atoms with van der Waals surface area (Å²) in [5.74, 6) is -1.00. The molecule has 2 N–H and O–H groups in total. The van der Waals surface area contributed by atoms with E-state index in [1.807, 2.05) is 6.07 Å². The highest BCUT2D eigenvalue weighted by Crippen LogP contribution is 2.36. The minimum absolute atomic E-state index is 0.0128. The third-order valence-electron chi connectivity index (χ3n) is 3.61. The van der Waals surface area contributed by atoms with Gasteiger partial charge in [0, 0.05) is 15.3 Å². The number of rotatable bonds is 3. The number of benzene rings is 1. The Morgan fingerprint density at radius 1 is 1.04 bits per heavy atom. The molecule has 0 aliphatic heterocycles. The SMILES string of the molecule is O=C(NNC(=O)c1cc2c(s1)CCC2)c1ccc(SC(F)(F)F)cc1. The summed E-state index contributed by atoms with van der Waals surface area (Å²) in [5, 5.41) is 0. The first kappa shape index (κ1) is 17.8. The number of hydrazine groups is 1. The van der Waals surface area contributed by atoms with E-state index in [1.54, 1.807) is 0 Å². The molecule has 2 aromatic rings. The summed E-state index contributed by atoms with van der Waals surface area (Å²) in [6, 6.07) is 6.79. The summed E-state index contributed by atoms with van der Waals surface area (Å²) >= 11 is 1.16. The second kappa shape index (κ2) is 7.09. The number of carbonyl (C=O) groups is 2. The number of aryl methyl sites for hydroxylation is 2. The lowest BCUT2D eigenvalue weighted by Gasteiger charge is -2.08. The third-order valence-corrected chi connectivity index (χ3v) is 5.59. The number of hydrogen-bond donors (Lipinski definition) is 2. The molecule has 0 saturated heterocycles. The Morgan fingerprint density at radius 2 is 1.72 bits per heavy atom. The molecule has 3 rings (SSSR count). The summed E-state index contributed by atoms with van der Waals surface area (Å²) in [4.78, 5) is 25.7. The molecule has 9 heteroatoms. The highest BCUT2D eigenvalue weighted by Gasteiger charge is 2.29. The summed E-state index contributed by atoms with van der Waals surface area (Å²) in [7, 11) is 0. The van der Waals surface area contributed by atoms with E-state index >= 15 is 0 Å². The molecule has 1 aromatic carbocycles. The van der Waals surface area contributed by atoms with Gasteiger partial charge in [0.15, 0.2) is 0 Å². The van der Waals surface area contributed by atoms with E-state index in [2.05, 4.69) is 10.9 Å². The van der Waals surface area contributed by atoms with Crippen LogP contribution >= 0.6 is 23.1 Å². The zero-order valence-electron chi connectivity index (χ0n) is 12.8. The minimum Gasteiger partial charge on any atom is -0.267 e. The van der Waals surface area contributed by atoms with E-state index in [1.165, 1.54) is 46.0 Å². The van der Waals surface area contributed by atoms with Gasteiger partial charge in [-0.3, -0.25) is 20.4 Å². The Morgan fingerprint density at radius 3 is 2.36 bits per heavy atom. The summed E-state index contributed by atoms with van der Waals surface area (Å²) in [6.07, 6.45) is 3.04. The fraction of sp³-hybridized carbons (Fsp3) is 0.250. The van der Waals surface area contributed by atoms with Crippen molar-refractivity contribution in [3.05, 3.63) is 51.2 Å². The molecule has 1 aliphatic carbocycles. The molecule has 0 fully saturated rings. The van der Waals surface area contributed by atoms with Gasteiger partial charge < -0.3 is 0 Å². The minimum atomic E-state index is -4.38. The quantitative estimate of drug-likeness (QED) is 0.621. The Labute approximate surface area is 149 Å². The zero-order valence-corrected chi connectivity index (χ0v) is 14.4. The Kier molecular flexibility index (Phi) is 5.05. The lowest BCUT2D eigenvalue weighted by Crippen LogP contribution is -2.41. The standard InChI is InChI=1S/C16H13F3N2O2S2/c17-16(18,19)25-11-6-4-9(5-7-11)14(22)20-21-15(23)13-8-10-2-1-3-12(10)24-13/h4-8H,1-3H2,(H,20,22)(H,21,23). The van der Waals surface area contributed by atoms with Crippen molar-refractivity contribution in [2.45, 2.75) is 29.7 Å². The lowest BCUT2D eigenvalue weighted by molar-refractivity contribution is -0.0328. The van der Waals surface area contributed by atoms with Gasteiger partial charge in [0.2, 0.25) is 0 Å². The van der Waals surface area contributed by atoms with Gasteiger partial charge in [0.05, 0.1) is 4.88 Å². The van der Waals surface area contributed by atoms with Crippen LogP contribution in [-0.2, 0) is 12.8 Å². The van der Waals surface area contributed by atoms with Crippen LogP contribution < -0.4 is 10.9 Å². The molecule has 0 atom stereocenters. The van der Waals surface area contributed by atoms with Crippen LogP contribution in [0.25, 0.3) is 0 Å². The van der Waals surface area contributed by atoms with Crippen LogP contribution in [0.5, 0.6) is 0 Å². The van der Waals surface area contributed by atoms with Crippen LogP contribution in [-0.4, -0.2) is 17.3 Å². The van der Waals surface area contributed by atoms with Crippen molar-refractivity contribution < 1.29 is 22.8 Å². The normalized spacial score (nSPS) is 13.4. The van der Waals surface area contributed by atoms with Crippen LogP contribution in [0.1, 0.15) is 36.9 Å². The fourth-order valence-corrected chi connectivity index (χ4v) is 4.18. The molecule has 1 aromatic heterocycles. The molecule has 0 radical (unpaired) electrons. The number of nitrogens with one attached hydrogen (secondary N) is 2. The molecular formula is C16H13F3N2O2S2. The smallest absolute Gasteiger partial charge is 0.267 e. The summed E-state index contributed by atoms with van der Waals surface area (Å²) < 4.78 is 36.8. The number of thioether (sulfide) groups is 1. The number of thiophene rings is 1. The van der Waals surface area contributed by atoms with E-state index < -0.39 is 17.3 Å². The first-order valence-corrected chi connectivity index (χ1v) is 9.03. The molecule has 0 saturated carbocycles. The highest BCUT2D eigenvalue weighted by molar-refractivity contribution is 8.00. The average Bonchev–Trinajstić information content (AvgIpc) is 3.13. The zero-order chi connectivity index (χ0) is 18.0. The van der Waals surface area contributed by atoms with Crippen molar-refractivity contribution in [1.29, 1.82) is 0 Å². The van der Waals surface area contributed by atoms with Crippen molar-refractivity contribution in [2.75, 3.05) is 0 Å². The van der Waals surface area contributed by atoms with E-state index in [-0.39, 0.29) is 22.2 Å². The molecule has 1 aliphatic rings. The van der Waals surface area contributed by atoms with Crippen LogP contribution in [0, 0.1) is 0 Å². The van der Waals surface area contributed by atoms with Gasteiger partial charge in [-0.15, -0.1) is 11.3 Å². The molecular weight excluding hydrogens is 373 g/mol. The predicted molar refractivity (Wildman–Crippen MR) is 89.6 cm³/mol. The second-order valence-electron chi connectivity index (χ2n) is 5.39. The molecule has 25 heavy (non-hydrogen) atoms. The highest BCUT2D eigenvalue weighted by atomic mass is 32.2. The number of fused-ring (bicyclic) bond motifs is 1. The first-order chi connectivity index (χ1) is 11.8. The second-order valence-corrected chi connectivity index (χ2v) is 7.67. The van der Waals surface area contributed by atoms with Crippen LogP contribution in [0.2, 0.25) is 0 Å². The first-order valence-electron chi connectivity index (χ1n) is 7.40. The molecule has 1 heterocycles. The van der Waals surface area contributed by atoms with Crippen molar-refractivity contribution in [3.63, 3.8) is 0 Å². The van der Waals surface area contributed by atoms with Gasteiger partial charge in [0.1, 0.15) is 0 Å². The number of hydrogen-bond acceptors (Lipinski definition) is 4. The molecule has 132 valence electrons. The van der Waals surface area contributed by atoms with Crippen molar-refractivity contribution in [2.24, 2.45) is 0 Å². The summed E-state index contributed by atoms with van der Waals surface area (Å²) in [5.41, 5.74) is 1.55. The topological polar surface area (TPSA) is 58.2 Å². The maximum absolute atomic E-state index is 12.3. The van der Waals surface area contributed by atoms with E-state index in [9.17, 15) is 22.8 Å². The van der Waals surface area contributed by atoms with Gasteiger partial charge >= 0.3 is 5.51 Å². The maximum Gasteiger partial charge on any atom is 0.446 e. The van der Waals surface area contributed by atoms with Gasteiger partial charge in [-0.25, -0.2) is 0 Å². The van der Waals surface area contributed by atoms with E-state index in [4.69, 9.17) is 0 Å². The van der Waals surface area contributed by atoms with E-state index in [0.29, 0.717) is 4.88 Å². The summed E-state index contributed by atoms with van der Waals surface area (Å²) in [6.45, 7) is 0. The number of carbonyl (C=O) groups excluding carboxylic acids is 2. The maximum atomic E-state index is 12.3. The molecule has 0 spiro atoms. The number of alkyl halides is 3. The van der Waals surface area contributed by atoms with E-state index in [0.717, 1.165) is 19.3 Å². The number of halogens is 3. The lowest BCUT2D eigenvalue weighted by atomic mass is 10.2. The predicted octanol–water partition coefficient (Wildman–Crippen LogP) is 3.92. The molecule has 0 unspecified atom stereocenters. The third kappa shape index (κ3) is 4.55. The number of amides is 2. The van der Waals surface area contributed by atoms with Crippen LogP contribution in [0.3, 0.4) is 0 Å². The van der Waals surface area contributed by atoms with Gasteiger partial charge in [0.25, 0.3) is 11.8 Å². The van der Waals surface area contributed by atoms with Gasteiger partial charge in [-0.05, 0) is 66.9 Å². The largest absolute Gasteiger partial charge is 0.446 e. The Bertz CT molecular complexity index is 779. The fourth-order valence-electron chi connectivity index (χ4n) is 2.50. The monoisotopic (exact) mass is 386 g/mol. The average molecular weight is 386 g/mol. The Hall–Kier alpha value is -2.00. The van der Waals surface area contributed by atoms with Gasteiger partial charge in [-0.2, -0.15) is 13.2 Å². The van der Waals surface area contributed by atoms with Gasteiger partial charge in [-0.1, -0.05) is 0 Å². The van der Waals surface area contributed by atoms with Crippen LogP contribution in [0.15, 0.2) is 35.2 Å². The van der Waals surface area contributed by atoms with Crippen LogP contribution in [0.4, 0.5) is 13.2 Å². The Balaban J connectivity index is 1.55. The van der Waals surface area contributed by atoms with Crippen molar-refractivity contribution in [3.8, 4) is 0 Å². The van der Waals surface area contributed by atoms with Crippen molar-refractivity contribution in [1.82, 2.24) is 10.9 Å².